The van der Waals surface area contributed by atoms with Crippen LogP contribution in [0, 0.1) is 10.8 Å². The van der Waals surface area contributed by atoms with Gasteiger partial charge in [-0.15, -0.1) is 0 Å². The summed E-state index contributed by atoms with van der Waals surface area (Å²) in [7, 11) is 0. The average molecular weight is 204 g/mol. The van der Waals surface area contributed by atoms with E-state index in [1.165, 1.54) is 18.4 Å². The Balaban J connectivity index is 2.47. The fourth-order valence-corrected chi connectivity index (χ4v) is 3.20. The second kappa shape index (κ2) is 3.33. The molecule has 1 heteroatoms. The first-order valence-corrected chi connectivity index (χ1v) is 5.87. The Morgan fingerprint density at radius 3 is 2.53 bits per heavy atom. The molecule has 1 atom stereocenters. The van der Waals surface area contributed by atoms with Crippen LogP contribution < -0.4 is 0 Å². The van der Waals surface area contributed by atoms with E-state index < -0.39 is 0 Å². The molecule has 0 saturated carbocycles. The monoisotopic (exact) mass is 204 g/mol. The van der Waals surface area contributed by atoms with Gasteiger partial charge in [-0.1, -0.05) is 31.6 Å². The van der Waals surface area contributed by atoms with E-state index in [1.807, 2.05) is 0 Å². The van der Waals surface area contributed by atoms with Gasteiger partial charge in [-0.3, -0.25) is 4.79 Å². The van der Waals surface area contributed by atoms with Crippen LogP contribution in [0.4, 0.5) is 0 Å². The second-order valence-electron chi connectivity index (χ2n) is 5.58. The molecule has 0 aromatic rings. The number of ketones is 1. The summed E-state index contributed by atoms with van der Waals surface area (Å²) in [5.74, 6) is 0.287. The van der Waals surface area contributed by atoms with E-state index in [0.29, 0.717) is 11.8 Å². The van der Waals surface area contributed by atoms with Gasteiger partial charge in [0.05, 0.1) is 0 Å². The van der Waals surface area contributed by atoms with Crippen LogP contribution in [0.2, 0.25) is 0 Å². The molecule has 0 aromatic carbocycles. The summed E-state index contributed by atoms with van der Waals surface area (Å²) < 4.78 is 0. The minimum Gasteiger partial charge on any atom is -0.295 e. The molecule has 0 amide bonds. The van der Waals surface area contributed by atoms with Crippen molar-refractivity contribution in [1.29, 1.82) is 0 Å². The third-order valence-electron chi connectivity index (χ3n) is 4.45. The topological polar surface area (TPSA) is 17.1 Å². The van der Waals surface area contributed by atoms with Crippen LogP contribution in [0.3, 0.4) is 0 Å². The highest BCUT2D eigenvalue weighted by atomic mass is 16.1. The molecule has 0 bridgehead atoms. The van der Waals surface area contributed by atoms with Gasteiger partial charge in [0.1, 0.15) is 0 Å². The van der Waals surface area contributed by atoms with Gasteiger partial charge in [0.15, 0.2) is 5.78 Å². The van der Waals surface area contributed by atoms with Crippen molar-refractivity contribution in [3.63, 3.8) is 0 Å². The normalized spacial score (nSPS) is 34.3. The van der Waals surface area contributed by atoms with E-state index in [2.05, 4.69) is 32.9 Å². The third kappa shape index (κ3) is 1.49. The molecule has 1 spiro atoms. The first kappa shape index (κ1) is 10.7. The fraction of sp³-hybridized carbons (Fsp3) is 0.643. The van der Waals surface area contributed by atoms with Gasteiger partial charge in [-0.2, -0.15) is 0 Å². The maximum absolute atomic E-state index is 11.3. The Kier molecular flexibility index (Phi) is 2.37. The molecule has 0 saturated heterocycles. The molecule has 1 nitrogen and oxygen atoms in total. The van der Waals surface area contributed by atoms with Crippen LogP contribution in [0.15, 0.2) is 23.8 Å². The third-order valence-corrected chi connectivity index (χ3v) is 4.45. The molecular weight excluding hydrogens is 184 g/mol. The Morgan fingerprint density at radius 1 is 1.27 bits per heavy atom. The van der Waals surface area contributed by atoms with Crippen molar-refractivity contribution in [3.05, 3.63) is 23.8 Å². The number of carbonyl (C=O) groups is 1. The average Bonchev–Trinajstić information content (AvgIpc) is 2.16. The van der Waals surface area contributed by atoms with E-state index in [9.17, 15) is 4.79 Å². The molecule has 0 fully saturated rings. The summed E-state index contributed by atoms with van der Waals surface area (Å²) in [6, 6.07) is 0. The minimum absolute atomic E-state index is 0.152. The van der Waals surface area contributed by atoms with Crippen LogP contribution in [-0.2, 0) is 4.79 Å². The summed E-state index contributed by atoms with van der Waals surface area (Å²) in [5.41, 5.74) is 1.91. The highest BCUT2D eigenvalue weighted by molar-refractivity contribution is 5.91. The molecule has 2 rings (SSSR count). The van der Waals surface area contributed by atoms with Gasteiger partial charge in [0, 0.05) is 11.8 Å². The molecule has 2 aliphatic rings. The minimum atomic E-state index is 0.152. The van der Waals surface area contributed by atoms with Crippen LogP contribution >= 0.6 is 0 Å². The fourth-order valence-electron chi connectivity index (χ4n) is 3.20. The van der Waals surface area contributed by atoms with Gasteiger partial charge >= 0.3 is 0 Å². The van der Waals surface area contributed by atoms with Crippen molar-refractivity contribution in [2.45, 2.75) is 46.5 Å². The van der Waals surface area contributed by atoms with Crippen LogP contribution in [-0.4, -0.2) is 5.78 Å². The van der Waals surface area contributed by atoms with Crippen molar-refractivity contribution in [1.82, 2.24) is 0 Å². The summed E-state index contributed by atoms with van der Waals surface area (Å²) in [5, 5.41) is 0. The van der Waals surface area contributed by atoms with E-state index >= 15 is 0 Å². The standard InChI is InChI=1S/C14H20O/c1-11-5-4-8-13(2,3)14(11)9-6-12(15)7-10-14/h5-6,9H,4,7-8,10H2,1-3H3. The summed E-state index contributed by atoms with van der Waals surface area (Å²) in [6.45, 7) is 6.90. The Bertz CT molecular complexity index is 346. The predicted octanol–water partition coefficient (Wildman–Crippen LogP) is 3.66. The number of hydrogen-bond acceptors (Lipinski definition) is 1. The van der Waals surface area contributed by atoms with Crippen molar-refractivity contribution in [2.75, 3.05) is 0 Å². The highest BCUT2D eigenvalue weighted by Gasteiger charge is 2.46. The Hall–Kier alpha value is -0.850. The number of hydrogen-bond donors (Lipinski definition) is 0. The summed E-state index contributed by atoms with van der Waals surface area (Å²) >= 11 is 0. The van der Waals surface area contributed by atoms with E-state index in [0.717, 1.165) is 6.42 Å². The van der Waals surface area contributed by atoms with Crippen molar-refractivity contribution in [3.8, 4) is 0 Å². The molecule has 0 aromatic heterocycles. The SMILES string of the molecule is CC1=CCCC(C)(C)C12C=CC(=O)CC2. The second-order valence-corrected chi connectivity index (χ2v) is 5.58. The molecular formula is C14H20O. The zero-order chi connectivity index (χ0) is 11.1. The van der Waals surface area contributed by atoms with Gasteiger partial charge in [-0.05, 0) is 37.7 Å². The molecule has 15 heavy (non-hydrogen) atoms. The van der Waals surface area contributed by atoms with E-state index in [1.54, 1.807) is 6.08 Å². The molecule has 2 aliphatic carbocycles. The van der Waals surface area contributed by atoms with E-state index in [4.69, 9.17) is 0 Å². The van der Waals surface area contributed by atoms with Crippen LogP contribution in [0.1, 0.15) is 46.5 Å². The number of carbonyl (C=O) groups excluding carboxylic acids is 1. The zero-order valence-electron chi connectivity index (χ0n) is 9.97. The number of allylic oxidation sites excluding steroid dienone is 4. The lowest BCUT2D eigenvalue weighted by Gasteiger charge is -2.50. The zero-order valence-corrected chi connectivity index (χ0v) is 9.97. The summed E-state index contributed by atoms with van der Waals surface area (Å²) in [4.78, 5) is 11.3. The highest BCUT2D eigenvalue weighted by Crippen LogP contribution is 2.55. The lowest BCUT2D eigenvalue weighted by molar-refractivity contribution is -0.116. The first-order valence-electron chi connectivity index (χ1n) is 5.87. The molecule has 82 valence electrons. The maximum Gasteiger partial charge on any atom is 0.155 e. The smallest absolute Gasteiger partial charge is 0.155 e. The molecule has 0 N–H and O–H groups in total. The van der Waals surface area contributed by atoms with Gasteiger partial charge in [0.25, 0.3) is 0 Å². The van der Waals surface area contributed by atoms with Crippen LogP contribution in [0.5, 0.6) is 0 Å². The van der Waals surface area contributed by atoms with Gasteiger partial charge in [-0.25, -0.2) is 0 Å². The number of rotatable bonds is 0. The van der Waals surface area contributed by atoms with Gasteiger partial charge in [0.2, 0.25) is 0 Å². The lowest BCUT2D eigenvalue weighted by atomic mass is 9.54. The maximum atomic E-state index is 11.3. The Labute approximate surface area is 92.3 Å². The van der Waals surface area contributed by atoms with E-state index in [-0.39, 0.29) is 11.2 Å². The first-order chi connectivity index (χ1) is 6.98. The van der Waals surface area contributed by atoms with Crippen molar-refractivity contribution in [2.24, 2.45) is 10.8 Å². The van der Waals surface area contributed by atoms with Crippen molar-refractivity contribution < 1.29 is 4.79 Å². The quantitative estimate of drug-likeness (QED) is 0.550. The van der Waals surface area contributed by atoms with Crippen LogP contribution in [0.25, 0.3) is 0 Å². The molecule has 0 aliphatic heterocycles. The largest absolute Gasteiger partial charge is 0.295 e. The van der Waals surface area contributed by atoms with Crippen molar-refractivity contribution >= 4 is 5.78 Å². The molecule has 0 radical (unpaired) electrons. The summed E-state index contributed by atoms with van der Waals surface area (Å²) in [6.07, 6.45) is 10.4. The molecule has 0 heterocycles. The van der Waals surface area contributed by atoms with Gasteiger partial charge < -0.3 is 0 Å². The Morgan fingerprint density at radius 2 is 2.00 bits per heavy atom. The predicted molar refractivity (Wildman–Crippen MR) is 62.6 cm³/mol. The lowest BCUT2D eigenvalue weighted by Crippen LogP contribution is -2.41. The molecule has 1 unspecified atom stereocenters.